The van der Waals surface area contributed by atoms with Crippen LogP contribution < -0.4 is 11.1 Å². The van der Waals surface area contributed by atoms with Crippen LogP contribution in [-0.2, 0) is 19.9 Å². The van der Waals surface area contributed by atoms with Crippen LogP contribution in [0.4, 0.5) is 0 Å². The molecule has 0 unspecified atom stereocenters. The highest BCUT2D eigenvalue weighted by molar-refractivity contribution is 5.71. The minimum Gasteiger partial charge on any atom is -0.278 e. The number of allylic oxidation sites excluding steroid dienone is 2. The predicted molar refractivity (Wildman–Crippen MR) is 72.7 cm³/mol. The van der Waals surface area contributed by atoms with Crippen LogP contribution in [0.5, 0.6) is 0 Å². The van der Waals surface area contributed by atoms with Gasteiger partial charge < -0.3 is 0 Å². The van der Waals surface area contributed by atoms with Crippen molar-refractivity contribution in [2.45, 2.75) is 26.7 Å². The molecule has 0 spiro atoms. The van der Waals surface area contributed by atoms with Crippen LogP contribution in [0.15, 0.2) is 20.7 Å². The Morgan fingerprint density at radius 1 is 0.889 bits per heavy atom. The van der Waals surface area contributed by atoms with E-state index in [9.17, 15) is 9.59 Å². The number of nitrogens with zero attached hydrogens (tertiary/aromatic N) is 1. The van der Waals surface area contributed by atoms with E-state index in [1.807, 2.05) is 26.0 Å². The molecule has 1 aromatic heterocycles. The van der Waals surface area contributed by atoms with Gasteiger partial charge in [0.05, 0.1) is 0 Å². The predicted octanol–water partition coefficient (Wildman–Crippen LogP) is 1.66. The van der Waals surface area contributed by atoms with Crippen molar-refractivity contribution in [2.24, 2.45) is 7.05 Å². The van der Waals surface area contributed by atoms with E-state index in [-0.39, 0.29) is 11.1 Å². The van der Waals surface area contributed by atoms with Gasteiger partial charge in [-0.05, 0) is 50.0 Å². The summed E-state index contributed by atoms with van der Waals surface area (Å²) >= 11 is 0. The van der Waals surface area contributed by atoms with Crippen molar-refractivity contribution >= 4 is 12.2 Å². The molecule has 0 aromatic carbocycles. The van der Waals surface area contributed by atoms with Crippen molar-refractivity contribution < 1.29 is 0 Å². The van der Waals surface area contributed by atoms with Crippen LogP contribution in [0.2, 0.25) is 0 Å². The van der Waals surface area contributed by atoms with E-state index in [0.717, 1.165) is 24.0 Å². The number of rotatable bonds is 0. The molecule has 1 aromatic rings. The molecule has 0 atom stereocenters. The monoisotopic (exact) mass is 241 g/mol. The van der Waals surface area contributed by atoms with Crippen molar-refractivity contribution in [1.82, 2.24) is 4.57 Å². The molecule has 3 rings (SSSR count). The zero-order chi connectivity index (χ0) is 13.0. The van der Waals surface area contributed by atoms with E-state index in [0.29, 0.717) is 11.1 Å². The molecule has 3 heteroatoms. The summed E-state index contributed by atoms with van der Waals surface area (Å²) in [5.74, 6) is 0. The van der Waals surface area contributed by atoms with Gasteiger partial charge in [0, 0.05) is 18.2 Å². The molecule has 0 saturated carbocycles. The first-order chi connectivity index (χ1) is 8.49. The van der Waals surface area contributed by atoms with Gasteiger partial charge in [-0.25, -0.2) is 0 Å². The SMILES string of the molecule is CC1=Cc2c(c3c(c(=O)n(C)c2=O)C=C(C)C3)C1. The van der Waals surface area contributed by atoms with Crippen LogP contribution >= 0.6 is 0 Å². The molecular formula is C15H15NO2. The van der Waals surface area contributed by atoms with Crippen molar-refractivity contribution in [2.75, 3.05) is 0 Å². The molecular weight excluding hydrogens is 226 g/mol. The van der Waals surface area contributed by atoms with E-state index >= 15 is 0 Å². The first kappa shape index (κ1) is 11.2. The van der Waals surface area contributed by atoms with Gasteiger partial charge in [-0.15, -0.1) is 0 Å². The molecule has 2 aliphatic rings. The van der Waals surface area contributed by atoms with E-state index in [2.05, 4.69) is 0 Å². The molecule has 0 aliphatic heterocycles. The molecule has 0 amide bonds. The smallest absolute Gasteiger partial charge is 0.260 e. The lowest BCUT2D eigenvalue weighted by Gasteiger charge is -2.01. The largest absolute Gasteiger partial charge is 0.278 e. The van der Waals surface area contributed by atoms with Crippen molar-refractivity contribution in [3.05, 3.63) is 54.1 Å². The topological polar surface area (TPSA) is 39.1 Å². The van der Waals surface area contributed by atoms with Crippen LogP contribution in [0.3, 0.4) is 0 Å². The second-order valence-corrected chi connectivity index (χ2v) is 5.29. The number of hydrogen-bond acceptors (Lipinski definition) is 2. The Balaban J connectivity index is 2.52. The van der Waals surface area contributed by atoms with E-state index in [4.69, 9.17) is 0 Å². The Kier molecular flexibility index (Phi) is 2.21. The molecule has 0 radical (unpaired) electrons. The van der Waals surface area contributed by atoms with E-state index in [1.165, 1.54) is 15.7 Å². The van der Waals surface area contributed by atoms with Gasteiger partial charge in [0.1, 0.15) is 0 Å². The molecule has 0 N–H and O–H groups in total. The summed E-state index contributed by atoms with van der Waals surface area (Å²) in [6.45, 7) is 4.05. The second kappa shape index (κ2) is 3.55. The molecule has 92 valence electrons. The fourth-order valence-corrected chi connectivity index (χ4v) is 2.89. The minimum absolute atomic E-state index is 0.174. The maximum absolute atomic E-state index is 12.3. The summed E-state index contributed by atoms with van der Waals surface area (Å²) in [6, 6.07) is 0. The normalized spacial score (nSPS) is 16.2. The zero-order valence-electron chi connectivity index (χ0n) is 10.8. The Hall–Kier alpha value is -1.90. The molecule has 2 aliphatic carbocycles. The van der Waals surface area contributed by atoms with Gasteiger partial charge in [0.15, 0.2) is 0 Å². The van der Waals surface area contributed by atoms with Gasteiger partial charge in [-0.3, -0.25) is 14.2 Å². The number of aromatic nitrogens is 1. The van der Waals surface area contributed by atoms with Crippen molar-refractivity contribution in [3.8, 4) is 0 Å². The van der Waals surface area contributed by atoms with E-state index in [1.54, 1.807) is 7.05 Å². The molecule has 0 saturated heterocycles. The first-order valence-corrected chi connectivity index (χ1v) is 6.12. The Morgan fingerprint density at radius 3 is 1.67 bits per heavy atom. The highest BCUT2D eigenvalue weighted by Crippen LogP contribution is 2.31. The third-order valence-electron chi connectivity index (χ3n) is 3.78. The highest BCUT2D eigenvalue weighted by Gasteiger charge is 2.24. The zero-order valence-corrected chi connectivity index (χ0v) is 10.8. The lowest BCUT2D eigenvalue weighted by Crippen LogP contribution is -2.29. The maximum Gasteiger partial charge on any atom is 0.260 e. The number of hydrogen-bond donors (Lipinski definition) is 0. The summed E-state index contributed by atoms with van der Waals surface area (Å²) < 4.78 is 1.24. The summed E-state index contributed by atoms with van der Waals surface area (Å²) in [6.07, 6.45) is 5.43. The van der Waals surface area contributed by atoms with Gasteiger partial charge in [-0.1, -0.05) is 11.1 Å². The standard InChI is InChI=1S/C15H15NO2/c1-8-4-10-11-5-9(2)7-13(11)15(18)16(3)14(17)12(10)6-8/h6-7H,4-5H2,1-3H3. The van der Waals surface area contributed by atoms with Crippen molar-refractivity contribution in [1.29, 1.82) is 0 Å². The maximum atomic E-state index is 12.3. The quantitative estimate of drug-likeness (QED) is 0.693. The fourth-order valence-electron chi connectivity index (χ4n) is 2.89. The third kappa shape index (κ3) is 1.37. The van der Waals surface area contributed by atoms with Gasteiger partial charge in [0.25, 0.3) is 11.1 Å². The molecule has 0 fully saturated rings. The fraction of sp³-hybridized carbons (Fsp3) is 0.333. The summed E-state index contributed by atoms with van der Waals surface area (Å²) in [4.78, 5) is 24.5. The minimum atomic E-state index is -0.174. The van der Waals surface area contributed by atoms with Crippen LogP contribution in [0, 0.1) is 0 Å². The van der Waals surface area contributed by atoms with Crippen LogP contribution in [0.25, 0.3) is 12.2 Å². The first-order valence-electron chi connectivity index (χ1n) is 6.12. The number of fused-ring (bicyclic) bond motifs is 3. The molecule has 0 bridgehead atoms. The molecule has 3 nitrogen and oxygen atoms in total. The van der Waals surface area contributed by atoms with Crippen LogP contribution in [0.1, 0.15) is 36.1 Å². The molecule has 18 heavy (non-hydrogen) atoms. The average Bonchev–Trinajstić information content (AvgIpc) is 2.87. The summed E-state index contributed by atoms with van der Waals surface area (Å²) in [5, 5.41) is 0. The van der Waals surface area contributed by atoms with Gasteiger partial charge >= 0.3 is 0 Å². The average molecular weight is 241 g/mol. The second-order valence-electron chi connectivity index (χ2n) is 5.29. The van der Waals surface area contributed by atoms with Crippen molar-refractivity contribution in [3.63, 3.8) is 0 Å². The third-order valence-corrected chi connectivity index (χ3v) is 3.78. The van der Waals surface area contributed by atoms with Gasteiger partial charge in [0.2, 0.25) is 0 Å². The Labute approximate surface area is 105 Å². The highest BCUT2D eigenvalue weighted by atomic mass is 16.2. The lowest BCUT2D eigenvalue weighted by molar-refractivity contribution is 0.826. The Bertz CT molecular complexity index is 686. The Morgan fingerprint density at radius 2 is 1.28 bits per heavy atom. The van der Waals surface area contributed by atoms with Crippen LogP contribution in [-0.4, -0.2) is 4.57 Å². The lowest BCUT2D eigenvalue weighted by atomic mass is 10.0. The van der Waals surface area contributed by atoms with E-state index < -0.39 is 0 Å². The summed E-state index contributed by atoms with van der Waals surface area (Å²) in [5.41, 5.74) is 5.55. The van der Waals surface area contributed by atoms with Gasteiger partial charge in [-0.2, -0.15) is 0 Å². The molecule has 1 heterocycles. The summed E-state index contributed by atoms with van der Waals surface area (Å²) in [7, 11) is 1.56.